The molecule has 0 radical (unpaired) electrons. The lowest BCUT2D eigenvalue weighted by Gasteiger charge is -2.14. The Kier molecular flexibility index (Phi) is 2.94. The molecule has 0 spiro atoms. The van der Waals surface area contributed by atoms with Crippen molar-refractivity contribution in [1.29, 1.82) is 0 Å². The maximum atomic E-state index is 4.16. The Balaban J connectivity index is 2.18. The standard InChI is InChI=1S/C12H16N2/c1-13-8-10-4-2-6-12(10)11-5-3-7-14-9-11/h3,5-7,9-10,13H,2,4,8H2,1H3. The van der Waals surface area contributed by atoms with Gasteiger partial charge in [0, 0.05) is 18.9 Å². The maximum Gasteiger partial charge on any atom is 0.0343 e. The number of allylic oxidation sites excluding steroid dienone is 1. The Hall–Kier alpha value is -1.15. The molecule has 0 fully saturated rings. The Labute approximate surface area is 85.1 Å². The molecule has 1 aromatic rings. The van der Waals surface area contributed by atoms with E-state index in [1.165, 1.54) is 24.0 Å². The zero-order chi connectivity index (χ0) is 9.80. The summed E-state index contributed by atoms with van der Waals surface area (Å²) in [5.41, 5.74) is 2.75. The van der Waals surface area contributed by atoms with Crippen LogP contribution in [-0.2, 0) is 0 Å². The summed E-state index contributed by atoms with van der Waals surface area (Å²) < 4.78 is 0. The van der Waals surface area contributed by atoms with Gasteiger partial charge in [0.15, 0.2) is 0 Å². The number of hydrogen-bond donors (Lipinski definition) is 1. The van der Waals surface area contributed by atoms with E-state index in [0.717, 1.165) is 6.54 Å². The molecule has 0 saturated heterocycles. The first-order valence-electron chi connectivity index (χ1n) is 5.17. The molecule has 1 aromatic heterocycles. The van der Waals surface area contributed by atoms with E-state index in [2.05, 4.69) is 22.4 Å². The first-order valence-corrected chi connectivity index (χ1v) is 5.17. The van der Waals surface area contributed by atoms with Gasteiger partial charge in [0.1, 0.15) is 0 Å². The van der Waals surface area contributed by atoms with Crippen LogP contribution < -0.4 is 5.32 Å². The van der Waals surface area contributed by atoms with E-state index >= 15 is 0 Å². The van der Waals surface area contributed by atoms with Crippen molar-refractivity contribution in [2.75, 3.05) is 13.6 Å². The molecular weight excluding hydrogens is 172 g/mol. The molecule has 0 aliphatic heterocycles. The third-order valence-electron chi connectivity index (χ3n) is 2.76. The van der Waals surface area contributed by atoms with Gasteiger partial charge >= 0.3 is 0 Å². The average molecular weight is 188 g/mol. The molecule has 1 unspecified atom stereocenters. The topological polar surface area (TPSA) is 24.9 Å². The summed E-state index contributed by atoms with van der Waals surface area (Å²) >= 11 is 0. The summed E-state index contributed by atoms with van der Waals surface area (Å²) in [6.45, 7) is 1.07. The van der Waals surface area contributed by atoms with Crippen LogP contribution in [0.25, 0.3) is 5.57 Å². The first kappa shape index (κ1) is 9.41. The molecule has 0 aromatic carbocycles. The molecule has 1 N–H and O–H groups in total. The maximum absolute atomic E-state index is 4.16. The highest BCUT2D eigenvalue weighted by Gasteiger charge is 2.19. The van der Waals surface area contributed by atoms with Crippen molar-refractivity contribution in [3.63, 3.8) is 0 Å². The normalized spacial score (nSPS) is 20.9. The molecule has 0 amide bonds. The van der Waals surface area contributed by atoms with Crippen LogP contribution in [0, 0.1) is 5.92 Å². The molecule has 14 heavy (non-hydrogen) atoms. The van der Waals surface area contributed by atoms with E-state index in [0.29, 0.717) is 5.92 Å². The van der Waals surface area contributed by atoms with Gasteiger partial charge in [-0.1, -0.05) is 12.1 Å². The fourth-order valence-electron chi connectivity index (χ4n) is 2.11. The van der Waals surface area contributed by atoms with Gasteiger partial charge in [-0.3, -0.25) is 4.98 Å². The zero-order valence-corrected chi connectivity index (χ0v) is 8.53. The molecule has 1 aliphatic carbocycles. The molecule has 1 atom stereocenters. The van der Waals surface area contributed by atoms with Gasteiger partial charge in [-0.05, 0) is 43.0 Å². The predicted molar refractivity (Wildman–Crippen MR) is 58.9 cm³/mol. The second-order valence-corrected chi connectivity index (χ2v) is 3.73. The van der Waals surface area contributed by atoms with E-state index in [1.807, 2.05) is 25.5 Å². The average Bonchev–Trinajstić information content (AvgIpc) is 2.68. The van der Waals surface area contributed by atoms with E-state index in [-0.39, 0.29) is 0 Å². The third kappa shape index (κ3) is 1.85. The van der Waals surface area contributed by atoms with Gasteiger partial charge in [-0.25, -0.2) is 0 Å². The van der Waals surface area contributed by atoms with Gasteiger partial charge < -0.3 is 5.32 Å². The van der Waals surface area contributed by atoms with E-state index < -0.39 is 0 Å². The quantitative estimate of drug-likeness (QED) is 0.785. The highest BCUT2D eigenvalue weighted by Crippen LogP contribution is 2.32. The minimum absolute atomic E-state index is 0.671. The van der Waals surface area contributed by atoms with Crippen LogP contribution >= 0.6 is 0 Å². The summed E-state index contributed by atoms with van der Waals surface area (Å²) in [5.74, 6) is 0.671. The molecule has 2 nitrogen and oxygen atoms in total. The van der Waals surface area contributed by atoms with Crippen molar-refractivity contribution < 1.29 is 0 Å². The first-order chi connectivity index (χ1) is 6.92. The molecule has 2 heteroatoms. The summed E-state index contributed by atoms with van der Waals surface area (Å²) in [5, 5.41) is 3.25. The number of nitrogens with one attached hydrogen (secondary N) is 1. The molecule has 2 rings (SSSR count). The number of nitrogens with zero attached hydrogens (tertiary/aromatic N) is 1. The molecule has 1 heterocycles. The highest BCUT2D eigenvalue weighted by molar-refractivity contribution is 5.68. The molecule has 0 bridgehead atoms. The number of pyridine rings is 1. The van der Waals surface area contributed by atoms with Crippen molar-refractivity contribution in [3.05, 3.63) is 36.2 Å². The predicted octanol–water partition coefficient (Wildman–Crippen LogP) is 2.09. The largest absolute Gasteiger partial charge is 0.319 e. The van der Waals surface area contributed by atoms with Crippen molar-refractivity contribution in [3.8, 4) is 0 Å². The van der Waals surface area contributed by atoms with E-state index in [9.17, 15) is 0 Å². The molecule has 1 aliphatic rings. The zero-order valence-electron chi connectivity index (χ0n) is 8.53. The molecule has 0 saturated carbocycles. The fourth-order valence-corrected chi connectivity index (χ4v) is 2.11. The van der Waals surface area contributed by atoms with Crippen LogP contribution in [-0.4, -0.2) is 18.6 Å². The Morgan fingerprint density at radius 2 is 2.50 bits per heavy atom. The summed E-state index contributed by atoms with van der Waals surface area (Å²) in [6, 6.07) is 4.15. The number of rotatable bonds is 3. The fraction of sp³-hybridized carbons (Fsp3) is 0.417. The number of hydrogen-bond acceptors (Lipinski definition) is 2. The second kappa shape index (κ2) is 4.38. The van der Waals surface area contributed by atoms with E-state index in [1.54, 1.807) is 0 Å². The summed E-state index contributed by atoms with van der Waals surface area (Å²) in [4.78, 5) is 4.16. The summed E-state index contributed by atoms with van der Waals surface area (Å²) in [6.07, 6.45) is 8.60. The smallest absolute Gasteiger partial charge is 0.0343 e. The summed E-state index contributed by atoms with van der Waals surface area (Å²) in [7, 11) is 2.01. The van der Waals surface area contributed by atoms with Gasteiger partial charge in [0.25, 0.3) is 0 Å². The Morgan fingerprint density at radius 3 is 3.21 bits per heavy atom. The highest BCUT2D eigenvalue weighted by atomic mass is 14.8. The lowest BCUT2D eigenvalue weighted by molar-refractivity contribution is 0.597. The lowest BCUT2D eigenvalue weighted by atomic mass is 9.96. The van der Waals surface area contributed by atoms with Gasteiger partial charge in [-0.2, -0.15) is 0 Å². The van der Waals surface area contributed by atoms with Crippen LogP contribution in [0.15, 0.2) is 30.6 Å². The van der Waals surface area contributed by atoms with Crippen LogP contribution in [0.3, 0.4) is 0 Å². The van der Waals surface area contributed by atoms with Gasteiger partial charge in [-0.15, -0.1) is 0 Å². The minimum Gasteiger partial charge on any atom is -0.319 e. The molecular formula is C12H16N2. The van der Waals surface area contributed by atoms with Gasteiger partial charge in [0.2, 0.25) is 0 Å². The third-order valence-corrected chi connectivity index (χ3v) is 2.76. The lowest BCUT2D eigenvalue weighted by Crippen LogP contribution is -2.17. The Morgan fingerprint density at radius 1 is 1.57 bits per heavy atom. The van der Waals surface area contributed by atoms with Crippen molar-refractivity contribution in [2.24, 2.45) is 5.92 Å². The van der Waals surface area contributed by atoms with Crippen molar-refractivity contribution in [1.82, 2.24) is 10.3 Å². The van der Waals surface area contributed by atoms with Crippen molar-refractivity contribution >= 4 is 5.57 Å². The Bertz CT molecular complexity index is 316. The van der Waals surface area contributed by atoms with Gasteiger partial charge in [0.05, 0.1) is 0 Å². The SMILES string of the molecule is CNCC1CCC=C1c1cccnc1. The van der Waals surface area contributed by atoms with Crippen LogP contribution in [0.5, 0.6) is 0 Å². The van der Waals surface area contributed by atoms with Crippen LogP contribution in [0.2, 0.25) is 0 Å². The second-order valence-electron chi connectivity index (χ2n) is 3.73. The van der Waals surface area contributed by atoms with Crippen molar-refractivity contribution in [2.45, 2.75) is 12.8 Å². The number of aromatic nitrogens is 1. The van der Waals surface area contributed by atoms with Crippen LogP contribution in [0.4, 0.5) is 0 Å². The minimum atomic E-state index is 0.671. The monoisotopic (exact) mass is 188 g/mol. The van der Waals surface area contributed by atoms with E-state index in [4.69, 9.17) is 0 Å². The van der Waals surface area contributed by atoms with Crippen LogP contribution in [0.1, 0.15) is 18.4 Å². The molecule has 74 valence electrons.